The van der Waals surface area contributed by atoms with Crippen molar-refractivity contribution in [2.24, 2.45) is 0 Å². The van der Waals surface area contributed by atoms with E-state index in [1.54, 1.807) is 7.11 Å². The van der Waals surface area contributed by atoms with Crippen LogP contribution in [0.3, 0.4) is 0 Å². The van der Waals surface area contributed by atoms with Gasteiger partial charge in [-0.05, 0) is 23.3 Å². The van der Waals surface area contributed by atoms with Crippen molar-refractivity contribution in [1.29, 1.82) is 0 Å². The number of methoxy groups -OCH3 is 1. The summed E-state index contributed by atoms with van der Waals surface area (Å²) in [4.78, 5) is 0. The molecular weight excluding hydrogens is 222 g/mol. The molecule has 0 saturated carbocycles. The van der Waals surface area contributed by atoms with Crippen LogP contribution in [0.5, 0.6) is 0 Å². The molecule has 2 rings (SSSR count). The minimum Gasteiger partial charge on any atom is -0.383 e. The van der Waals surface area contributed by atoms with Crippen LogP contribution >= 0.6 is 0 Å². The number of hydrogen-bond acceptors (Lipinski definition) is 6. The molecule has 0 bridgehead atoms. The molecule has 7 nitrogen and oxygen atoms in total. The second-order valence-electron chi connectivity index (χ2n) is 4.08. The smallest absolute Gasteiger partial charge is 0.165 e. The standard InChI is InChI=1S/C10H19N5O2/c1-16-6-4-11-7-10-12-13-14-15(10)9-3-2-5-17-8-9/h9,11H,2-8H2,1H3. The van der Waals surface area contributed by atoms with Crippen LogP contribution in [-0.4, -0.2) is 53.7 Å². The number of nitrogens with zero attached hydrogens (tertiary/aromatic N) is 4. The number of ether oxygens (including phenoxy) is 2. The van der Waals surface area contributed by atoms with Gasteiger partial charge in [0.1, 0.15) is 0 Å². The molecule has 0 radical (unpaired) electrons. The number of rotatable bonds is 6. The second kappa shape index (κ2) is 6.63. The highest BCUT2D eigenvalue weighted by Crippen LogP contribution is 2.18. The Labute approximate surface area is 100 Å². The SMILES string of the molecule is COCCNCc1nnnn1C1CCCOC1. The molecule has 1 aromatic rings. The first-order valence-electron chi connectivity index (χ1n) is 5.96. The Kier molecular flexibility index (Phi) is 4.84. The van der Waals surface area contributed by atoms with E-state index in [2.05, 4.69) is 20.8 Å². The van der Waals surface area contributed by atoms with Crippen LogP contribution in [0.2, 0.25) is 0 Å². The van der Waals surface area contributed by atoms with E-state index in [0.717, 1.165) is 31.8 Å². The van der Waals surface area contributed by atoms with E-state index >= 15 is 0 Å². The van der Waals surface area contributed by atoms with Crippen molar-refractivity contribution in [2.75, 3.05) is 33.5 Å². The van der Waals surface area contributed by atoms with Gasteiger partial charge in [0.15, 0.2) is 5.82 Å². The summed E-state index contributed by atoms with van der Waals surface area (Å²) in [6.45, 7) is 3.70. The monoisotopic (exact) mass is 241 g/mol. The first-order chi connectivity index (χ1) is 8.42. The quantitative estimate of drug-likeness (QED) is 0.693. The van der Waals surface area contributed by atoms with Crippen LogP contribution in [0, 0.1) is 0 Å². The van der Waals surface area contributed by atoms with E-state index in [1.807, 2.05) is 4.68 Å². The zero-order valence-corrected chi connectivity index (χ0v) is 10.1. The molecule has 0 spiro atoms. The van der Waals surface area contributed by atoms with Gasteiger partial charge in [-0.15, -0.1) is 5.10 Å². The van der Waals surface area contributed by atoms with Gasteiger partial charge in [0.25, 0.3) is 0 Å². The fourth-order valence-electron chi connectivity index (χ4n) is 1.90. The molecule has 0 amide bonds. The van der Waals surface area contributed by atoms with Crippen molar-refractivity contribution in [3.63, 3.8) is 0 Å². The van der Waals surface area contributed by atoms with Crippen LogP contribution in [0.1, 0.15) is 24.7 Å². The molecule has 17 heavy (non-hydrogen) atoms. The molecule has 0 aromatic carbocycles. The Bertz CT molecular complexity index is 324. The van der Waals surface area contributed by atoms with Crippen molar-refractivity contribution in [2.45, 2.75) is 25.4 Å². The van der Waals surface area contributed by atoms with Crippen LogP contribution in [0.4, 0.5) is 0 Å². The highest BCUT2D eigenvalue weighted by atomic mass is 16.5. The van der Waals surface area contributed by atoms with Crippen molar-refractivity contribution in [3.05, 3.63) is 5.82 Å². The molecule has 1 saturated heterocycles. The van der Waals surface area contributed by atoms with Crippen molar-refractivity contribution in [1.82, 2.24) is 25.5 Å². The molecule has 1 fully saturated rings. The zero-order chi connectivity index (χ0) is 11.9. The summed E-state index contributed by atoms with van der Waals surface area (Å²) in [6.07, 6.45) is 2.15. The highest BCUT2D eigenvalue weighted by molar-refractivity contribution is 4.84. The third-order valence-electron chi connectivity index (χ3n) is 2.81. The summed E-state index contributed by atoms with van der Waals surface area (Å²) >= 11 is 0. The molecular formula is C10H19N5O2. The Morgan fingerprint density at radius 1 is 1.59 bits per heavy atom. The van der Waals surface area contributed by atoms with Gasteiger partial charge in [-0.25, -0.2) is 4.68 Å². The van der Waals surface area contributed by atoms with Gasteiger partial charge in [-0.2, -0.15) is 0 Å². The van der Waals surface area contributed by atoms with Gasteiger partial charge < -0.3 is 14.8 Å². The maximum atomic E-state index is 5.45. The lowest BCUT2D eigenvalue weighted by Crippen LogP contribution is -2.27. The van der Waals surface area contributed by atoms with Crippen LogP contribution in [0.25, 0.3) is 0 Å². The summed E-state index contributed by atoms with van der Waals surface area (Å²) in [6, 6.07) is 0.276. The van der Waals surface area contributed by atoms with Crippen molar-refractivity contribution in [3.8, 4) is 0 Å². The van der Waals surface area contributed by atoms with E-state index < -0.39 is 0 Å². The van der Waals surface area contributed by atoms with Crippen molar-refractivity contribution < 1.29 is 9.47 Å². The topological polar surface area (TPSA) is 74.1 Å². The maximum absolute atomic E-state index is 5.45. The van der Waals surface area contributed by atoms with Gasteiger partial charge in [-0.3, -0.25) is 0 Å². The van der Waals surface area contributed by atoms with Crippen LogP contribution in [-0.2, 0) is 16.0 Å². The first kappa shape index (κ1) is 12.4. The number of aromatic nitrogens is 4. The van der Waals surface area contributed by atoms with Crippen LogP contribution < -0.4 is 5.32 Å². The Balaban J connectivity index is 1.87. The average Bonchev–Trinajstić information content (AvgIpc) is 2.84. The Hall–Kier alpha value is -1.05. The number of nitrogens with one attached hydrogen (secondary N) is 1. The summed E-state index contributed by atoms with van der Waals surface area (Å²) < 4.78 is 12.3. The largest absolute Gasteiger partial charge is 0.383 e. The van der Waals surface area contributed by atoms with Crippen molar-refractivity contribution >= 4 is 0 Å². The second-order valence-corrected chi connectivity index (χ2v) is 4.08. The summed E-state index contributed by atoms with van der Waals surface area (Å²) in [7, 11) is 1.69. The minimum atomic E-state index is 0.276. The lowest BCUT2D eigenvalue weighted by Gasteiger charge is -2.22. The van der Waals surface area contributed by atoms with Gasteiger partial charge in [0.05, 0.1) is 25.8 Å². The summed E-state index contributed by atoms with van der Waals surface area (Å²) in [5.41, 5.74) is 0. The molecule has 1 aromatic heterocycles. The third-order valence-corrected chi connectivity index (χ3v) is 2.81. The molecule has 1 N–H and O–H groups in total. The lowest BCUT2D eigenvalue weighted by atomic mass is 10.1. The molecule has 1 aliphatic heterocycles. The van der Waals surface area contributed by atoms with E-state index in [0.29, 0.717) is 19.8 Å². The molecule has 7 heteroatoms. The molecule has 0 aliphatic carbocycles. The van der Waals surface area contributed by atoms with E-state index in [9.17, 15) is 0 Å². The molecule has 1 aliphatic rings. The Morgan fingerprint density at radius 2 is 2.53 bits per heavy atom. The van der Waals surface area contributed by atoms with Crippen LogP contribution in [0.15, 0.2) is 0 Å². The molecule has 1 atom stereocenters. The number of hydrogen-bond donors (Lipinski definition) is 1. The van der Waals surface area contributed by atoms with Gasteiger partial charge in [-0.1, -0.05) is 0 Å². The number of tetrazole rings is 1. The van der Waals surface area contributed by atoms with E-state index in [-0.39, 0.29) is 6.04 Å². The lowest BCUT2D eigenvalue weighted by molar-refractivity contribution is 0.0530. The highest BCUT2D eigenvalue weighted by Gasteiger charge is 2.20. The van der Waals surface area contributed by atoms with Gasteiger partial charge >= 0.3 is 0 Å². The maximum Gasteiger partial charge on any atom is 0.165 e. The molecule has 2 heterocycles. The predicted molar refractivity (Wildman–Crippen MR) is 60.5 cm³/mol. The minimum absolute atomic E-state index is 0.276. The Morgan fingerprint density at radius 3 is 3.29 bits per heavy atom. The predicted octanol–water partition coefficient (Wildman–Crippen LogP) is -0.239. The summed E-state index contributed by atoms with van der Waals surface area (Å²) in [5, 5.41) is 15.0. The van der Waals surface area contributed by atoms with Gasteiger partial charge in [0, 0.05) is 20.3 Å². The van der Waals surface area contributed by atoms with Gasteiger partial charge in [0.2, 0.25) is 0 Å². The van der Waals surface area contributed by atoms with E-state index in [4.69, 9.17) is 9.47 Å². The third kappa shape index (κ3) is 3.45. The molecule has 1 unspecified atom stereocenters. The molecule has 96 valence electrons. The zero-order valence-electron chi connectivity index (χ0n) is 10.1. The fourth-order valence-corrected chi connectivity index (χ4v) is 1.90. The first-order valence-corrected chi connectivity index (χ1v) is 5.96. The van der Waals surface area contributed by atoms with E-state index in [1.165, 1.54) is 0 Å². The normalized spacial score (nSPS) is 20.6. The summed E-state index contributed by atoms with van der Waals surface area (Å²) in [5.74, 6) is 0.858. The average molecular weight is 241 g/mol. The fraction of sp³-hybridized carbons (Fsp3) is 0.900.